The molecule has 0 saturated carbocycles. The van der Waals surface area contributed by atoms with E-state index in [0.717, 1.165) is 6.61 Å². The van der Waals surface area contributed by atoms with Crippen LogP contribution in [-0.2, 0) is 4.74 Å². The summed E-state index contributed by atoms with van der Waals surface area (Å²) >= 11 is 4.58. The van der Waals surface area contributed by atoms with Gasteiger partial charge in [0.1, 0.15) is 0 Å². The minimum absolute atomic E-state index is 0.0122. The second-order valence-corrected chi connectivity index (χ2v) is 7.79. The van der Waals surface area contributed by atoms with Gasteiger partial charge in [0, 0.05) is 6.61 Å². The van der Waals surface area contributed by atoms with E-state index in [1.54, 1.807) is 0 Å². The Morgan fingerprint density at radius 3 is 2.40 bits per heavy atom. The van der Waals surface area contributed by atoms with E-state index in [1.165, 1.54) is 19.3 Å². The van der Waals surface area contributed by atoms with Crippen LogP contribution in [-0.4, -0.2) is 20.0 Å². The van der Waals surface area contributed by atoms with Gasteiger partial charge < -0.3 is 4.74 Å². The molecule has 0 bridgehead atoms. The van der Waals surface area contributed by atoms with Crippen LogP contribution in [0, 0.1) is 0 Å². The summed E-state index contributed by atoms with van der Waals surface area (Å²) in [5, 5.41) is 0. The predicted molar refractivity (Wildman–Crippen MR) is 50.4 cm³/mol. The summed E-state index contributed by atoms with van der Waals surface area (Å²) in [6.45, 7) is 5.53. The van der Waals surface area contributed by atoms with Crippen LogP contribution in [0.4, 0.5) is 0 Å². The van der Waals surface area contributed by atoms with Crippen molar-refractivity contribution in [2.24, 2.45) is 0 Å². The van der Waals surface area contributed by atoms with Crippen LogP contribution in [0.5, 0.6) is 0 Å². The van der Waals surface area contributed by atoms with E-state index in [4.69, 9.17) is 4.74 Å². The summed E-state index contributed by atoms with van der Waals surface area (Å²) < 4.78 is 5.66. The Balaban J connectivity index is 2.48. The molecule has 1 aliphatic rings. The van der Waals surface area contributed by atoms with Gasteiger partial charge >= 0.3 is 0 Å². The fourth-order valence-corrected chi connectivity index (χ4v) is 2.74. The standard InChI is InChI=1S/C7H16OSSi/c1-10(2)7(9)5-3-4-6-8-7/h9-10H,3-6H2,1-2H3. The summed E-state index contributed by atoms with van der Waals surface area (Å²) in [6.07, 6.45) is 3.69. The molecule has 0 aliphatic carbocycles. The smallest absolute Gasteiger partial charge is 0.0947 e. The van der Waals surface area contributed by atoms with Crippen LogP contribution >= 0.6 is 12.6 Å². The first-order valence-electron chi connectivity index (χ1n) is 4.01. The van der Waals surface area contributed by atoms with Crippen LogP contribution in [0.15, 0.2) is 0 Å². The molecule has 60 valence electrons. The molecule has 10 heavy (non-hydrogen) atoms. The van der Waals surface area contributed by atoms with Crippen molar-refractivity contribution in [3.05, 3.63) is 0 Å². The molecule has 1 atom stereocenters. The van der Waals surface area contributed by atoms with E-state index in [-0.39, 0.29) is 4.56 Å². The molecule has 1 rings (SSSR count). The molecule has 1 nitrogen and oxygen atoms in total. The molecule has 1 unspecified atom stereocenters. The fourth-order valence-electron chi connectivity index (χ4n) is 1.26. The quantitative estimate of drug-likeness (QED) is 0.474. The van der Waals surface area contributed by atoms with Gasteiger partial charge in [-0.25, -0.2) is 0 Å². The lowest BCUT2D eigenvalue weighted by molar-refractivity contribution is 0.0411. The number of ether oxygens (including phenoxy) is 1. The summed E-state index contributed by atoms with van der Waals surface area (Å²) in [4.78, 5) is 0. The number of thiol groups is 1. The van der Waals surface area contributed by atoms with E-state index in [0.29, 0.717) is 0 Å². The third-order valence-electron chi connectivity index (χ3n) is 2.18. The SMILES string of the molecule is C[SiH](C)C1(S)CCCCO1. The maximum absolute atomic E-state index is 5.65. The zero-order valence-corrected chi connectivity index (χ0v) is 8.81. The van der Waals surface area contributed by atoms with E-state index in [9.17, 15) is 0 Å². The molecule has 1 heterocycles. The molecule has 0 amide bonds. The monoisotopic (exact) mass is 176 g/mol. The first kappa shape index (κ1) is 8.62. The second kappa shape index (κ2) is 3.28. The van der Waals surface area contributed by atoms with Crippen LogP contribution in [0.25, 0.3) is 0 Å². The molecule has 1 fully saturated rings. The van der Waals surface area contributed by atoms with Crippen molar-refractivity contribution in [1.29, 1.82) is 0 Å². The highest BCUT2D eigenvalue weighted by Gasteiger charge is 2.32. The highest BCUT2D eigenvalue weighted by Crippen LogP contribution is 2.30. The van der Waals surface area contributed by atoms with Crippen LogP contribution in [0.1, 0.15) is 19.3 Å². The van der Waals surface area contributed by atoms with E-state index < -0.39 is 8.80 Å². The Labute approximate surface area is 70.2 Å². The number of hydrogen-bond acceptors (Lipinski definition) is 2. The summed E-state index contributed by atoms with van der Waals surface area (Å²) in [5.74, 6) is 0. The maximum Gasteiger partial charge on any atom is 0.0947 e. The van der Waals surface area contributed by atoms with Gasteiger partial charge in [0.2, 0.25) is 0 Å². The maximum atomic E-state index is 5.65. The van der Waals surface area contributed by atoms with Crippen molar-refractivity contribution in [2.45, 2.75) is 36.9 Å². The van der Waals surface area contributed by atoms with Gasteiger partial charge in [0.05, 0.1) is 13.4 Å². The molecule has 3 heteroatoms. The average molecular weight is 176 g/mol. The minimum Gasteiger partial charge on any atom is -0.369 e. The van der Waals surface area contributed by atoms with E-state index in [2.05, 4.69) is 25.7 Å². The fraction of sp³-hybridized carbons (Fsp3) is 1.00. The van der Waals surface area contributed by atoms with Gasteiger partial charge in [0.15, 0.2) is 0 Å². The molecular weight excluding hydrogens is 160 g/mol. The Bertz CT molecular complexity index is 110. The first-order chi connectivity index (χ1) is 4.65. The van der Waals surface area contributed by atoms with Gasteiger partial charge in [-0.1, -0.05) is 13.1 Å². The molecule has 0 aromatic rings. The topological polar surface area (TPSA) is 9.23 Å². The number of rotatable bonds is 1. The lowest BCUT2D eigenvalue weighted by Gasteiger charge is -2.35. The van der Waals surface area contributed by atoms with Gasteiger partial charge in [-0.2, -0.15) is 0 Å². The van der Waals surface area contributed by atoms with E-state index in [1.807, 2.05) is 0 Å². The van der Waals surface area contributed by atoms with Gasteiger partial charge in [-0.15, -0.1) is 12.6 Å². The Morgan fingerprint density at radius 2 is 2.10 bits per heavy atom. The van der Waals surface area contributed by atoms with Crippen molar-refractivity contribution in [3.8, 4) is 0 Å². The van der Waals surface area contributed by atoms with Crippen molar-refractivity contribution in [2.75, 3.05) is 6.61 Å². The van der Waals surface area contributed by atoms with Gasteiger partial charge in [-0.3, -0.25) is 0 Å². The molecule has 0 N–H and O–H groups in total. The molecule has 1 aliphatic heterocycles. The Hall–Kier alpha value is 0.527. The van der Waals surface area contributed by atoms with Crippen molar-refractivity contribution < 1.29 is 4.74 Å². The first-order valence-corrected chi connectivity index (χ1v) is 7.35. The van der Waals surface area contributed by atoms with Crippen molar-refractivity contribution in [1.82, 2.24) is 0 Å². The summed E-state index contributed by atoms with van der Waals surface area (Å²) in [7, 11) is -0.725. The van der Waals surface area contributed by atoms with E-state index >= 15 is 0 Å². The summed E-state index contributed by atoms with van der Waals surface area (Å²) in [6, 6.07) is 0. The van der Waals surface area contributed by atoms with Crippen LogP contribution in [0.3, 0.4) is 0 Å². The number of hydrogen-bond donors (Lipinski definition) is 1. The minimum atomic E-state index is -0.725. The summed E-state index contributed by atoms with van der Waals surface area (Å²) in [5.41, 5.74) is 0. The largest absolute Gasteiger partial charge is 0.369 e. The van der Waals surface area contributed by atoms with Gasteiger partial charge in [0.25, 0.3) is 0 Å². The molecule has 0 spiro atoms. The second-order valence-electron chi connectivity index (χ2n) is 3.31. The van der Waals surface area contributed by atoms with Crippen LogP contribution < -0.4 is 0 Å². The predicted octanol–water partition coefficient (Wildman–Crippen LogP) is 1.84. The third-order valence-corrected chi connectivity index (χ3v) is 6.35. The zero-order chi connectivity index (χ0) is 7.61. The van der Waals surface area contributed by atoms with Crippen molar-refractivity contribution in [3.63, 3.8) is 0 Å². The molecule has 1 saturated heterocycles. The van der Waals surface area contributed by atoms with Crippen LogP contribution in [0.2, 0.25) is 13.1 Å². The molecular formula is C7H16OSSi. The lowest BCUT2D eigenvalue weighted by Crippen LogP contribution is -2.42. The Morgan fingerprint density at radius 1 is 1.40 bits per heavy atom. The normalized spacial score (nSPS) is 34.8. The lowest BCUT2D eigenvalue weighted by atomic mass is 10.2. The highest BCUT2D eigenvalue weighted by molar-refractivity contribution is 7.83. The average Bonchev–Trinajstić information content (AvgIpc) is 1.89. The third kappa shape index (κ3) is 1.77. The van der Waals surface area contributed by atoms with Crippen molar-refractivity contribution >= 4 is 21.4 Å². The highest BCUT2D eigenvalue weighted by atomic mass is 32.1. The zero-order valence-electron chi connectivity index (χ0n) is 6.76. The Kier molecular flexibility index (Phi) is 2.83. The molecule has 0 radical (unpaired) electrons. The van der Waals surface area contributed by atoms with Gasteiger partial charge in [-0.05, 0) is 19.3 Å². The molecule has 0 aromatic heterocycles. The molecule has 0 aromatic carbocycles.